The number of imidazole rings is 1. The second-order valence-corrected chi connectivity index (χ2v) is 9.53. The summed E-state index contributed by atoms with van der Waals surface area (Å²) >= 11 is 0. The maximum absolute atomic E-state index is 10.7. The molecule has 3 aromatic heterocycles. The second kappa shape index (κ2) is 8.82. The van der Waals surface area contributed by atoms with Crippen LogP contribution in [0.4, 0.5) is 5.82 Å². The Morgan fingerprint density at radius 2 is 1.78 bits per heavy atom. The lowest BCUT2D eigenvalue weighted by Gasteiger charge is -2.17. The van der Waals surface area contributed by atoms with Gasteiger partial charge in [0.15, 0.2) is 17.7 Å². The van der Waals surface area contributed by atoms with Gasteiger partial charge in [-0.1, -0.05) is 23.8 Å². The maximum atomic E-state index is 10.7. The molecule has 36 heavy (non-hydrogen) atoms. The highest BCUT2D eigenvalue weighted by molar-refractivity contribution is 6.08. The Balaban J connectivity index is 1.16. The van der Waals surface area contributed by atoms with Crippen molar-refractivity contribution >= 4 is 38.8 Å². The number of hydrogen-bond donors (Lipinski definition) is 4. The number of ether oxygens (including phenoxy) is 1. The fourth-order valence-electron chi connectivity index (χ4n) is 5.18. The molecule has 0 bridgehead atoms. The minimum absolute atomic E-state index is 0.250. The molecule has 4 atom stereocenters. The van der Waals surface area contributed by atoms with E-state index in [1.807, 2.05) is 0 Å². The third-order valence-corrected chi connectivity index (χ3v) is 7.03. The van der Waals surface area contributed by atoms with E-state index in [0.717, 1.165) is 6.54 Å². The number of nitrogen functional groups attached to an aromatic ring is 1. The monoisotopic (exact) mass is 487 g/mol. The molecule has 1 fully saturated rings. The van der Waals surface area contributed by atoms with E-state index in [1.165, 1.54) is 45.6 Å². The van der Waals surface area contributed by atoms with Crippen LogP contribution >= 0.6 is 0 Å². The zero-order chi connectivity index (χ0) is 25.0. The minimum atomic E-state index is -1.13. The molecular formula is C26H29N7O3. The van der Waals surface area contributed by atoms with E-state index in [-0.39, 0.29) is 5.82 Å². The van der Waals surface area contributed by atoms with Crippen LogP contribution in [0.1, 0.15) is 17.4 Å². The predicted octanol–water partition coefficient (Wildman–Crippen LogP) is 2.04. The standard InChI is InChI=1S/C26H29N7O3/c1-14-4-6-18-17(9-14)16-5-3-15(2)10-19(16)32(18)8-7-28-11-20-22(34)23(35)26(36-20)33-13-31-21-24(27)29-12-30-25(21)33/h3-6,9-10,12-13,20,22-23,26,28,34-35H,7-8,11H2,1-2H3,(H2,27,29,30). The van der Waals surface area contributed by atoms with Crippen molar-refractivity contribution in [2.24, 2.45) is 0 Å². The van der Waals surface area contributed by atoms with Crippen LogP contribution < -0.4 is 11.1 Å². The van der Waals surface area contributed by atoms with Crippen molar-refractivity contribution in [1.29, 1.82) is 0 Å². The molecule has 0 amide bonds. The molecule has 0 saturated carbocycles. The molecule has 4 unspecified atom stereocenters. The first kappa shape index (κ1) is 22.9. The number of aromatic nitrogens is 5. The zero-order valence-electron chi connectivity index (χ0n) is 20.2. The summed E-state index contributed by atoms with van der Waals surface area (Å²) in [5.41, 5.74) is 11.6. The largest absolute Gasteiger partial charge is 0.387 e. The molecule has 186 valence electrons. The lowest BCUT2D eigenvalue weighted by Crippen LogP contribution is -2.38. The van der Waals surface area contributed by atoms with Gasteiger partial charge in [0.1, 0.15) is 30.2 Å². The lowest BCUT2D eigenvalue weighted by molar-refractivity contribution is -0.0341. The van der Waals surface area contributed by atoms with Crippen molar-refractivity contribution in [1.82, 2.24) is 29.4 Å². The smallest absolute Gasteiger partial charge is 0.167 e. The Bertz CT molecular complexity index is 1580. The third-order valence-electron chi connectivity index (χ3n) is 7.03. The van der Waals surface area contributed by atoms with Crippen LogP contribution in [-0.4, -0.2) is 65.7 Å². The van der Waals surface area contributed by atoms with Gasteiger partial charge in [-0.25, -0.2) is 15.0 Å². The maximum Gasteiger partial charge on any atom is 0.167 e. The van der Waals surface area contributed by atoms with Crippen LogP contribution in [0.3, 0.4) is 0 Å². The molecule has 0 aliphatic carbocycles. The van der Waals surface area contributed by atoms with Crippen molar-refractivity contribution in [2.75, 3.05) is 18.8 Å². The molecule has 1 aliphatic heterocycles. The molecule has 0 radical (unpaired) electrons. The third kappa shape index (κ3) is 3.70. The summed E-state index contributed by atoms with van der Waals surface area (Å²) in [6, 6.07) is 13.1. The summed E-state index contributed by atoms with van der Waals surface area (Å²) in [6.45, 7) is 6.03. The first-order valence-corrected chi connectivity index (χ1v) is 12.1. The topological polar surface area (TPSA) is 136 Å². The Morgan fingerprint density at radius 3 is 2.64 bits per heavy atom. The van der Waals surface area contributed by atoms with Crippen LogP contribution in [0, 0.1) is 13.8 Å². The average molecular weight is 488 g/mol. The highest BCUT2D eigenvalue weighted by atomic mass is 16.6. The highest BCUT2D eigenvalue weighted by Crippen LogP contribution is 2.32. The molecule has 2 aromatic carbocycles. The molecule has 10 heteroatoms. The van der Waals surface area contributed by atoms with Crippen molar-refractivity contribution in [3.8, 4) is 0 Å². The molecular weight excluding hydrogens is 458 g/mol. The van der Waals surface area contributed by atoms with Crippen molar-refractivity contribution in [3.63, 3.8) is 0 Å². The Kier molecular flexibility index (Phi) is 5.60. The normalized spacial score (nSPS) is 22.3. The average Bonchev–Trinajstić information content (AvgIpc) is 3.50. The number of benzene rings is 2. The number of rotatable bonds is 6. The van der Waals surface area contributed by atoms with Crippen molar-refractivity contribution in [2.45, 2.75) is 44.9 Å². The first-order valence-electron chi connectivity index (χ1n) is 12.1. The molecule has 0 spiro atoms. The Hall–Kier alpha value is -3.57. The van der Waals surface area contributed by atoms with Crippen LogP contribution in [0.25, 0.3) is 33.0 Å². The van der Waals surface area contributed by atoms with Crippen molar-refractivity contribution < 1.29 is 14.9 Å². The molecule has 6 rings (SSSR count). The van der Waals surface area contributed by atoms with Gasteiger partial charge in [0.2, 0.25) is 0 Å². The number of nitrogens with two attached hydrogens (primary N) is 1. The predicted molar refractivity (Wildman–Crippen MR) is 137 cm³/mol. The summed E-state index contributed by atoms with van der Waals surface area (Å²) in [7, 11) is 0. The fourth-order valence-corrected chi connectivity index (χ4v) is 5.18. The Labute approximate surface area is 207 Å². The van der Waals surface area contributed by atoms with Crippen LogP contribution in [0.15, 0.2) is 49.1 Å². The first-order chi connectivity index (χ1) is 17.4. The number of nitrogens with zero attached hydrogens (tertiary/aromatic N) is 5. The Morgan fingerprint density at radius 1 is 0.972 bits per heavy atom. The molecule has 10 nitrogen and oxygen atoms in total. The summed E-state index contributed by atoms with van der Waals surface area (Å²) in [5.74, 6) is 0.250. The van der Waals surface area contributed by atoms with Gasteiger partial charge < -0.3 is 30.6 Å². The van der Waals surface area contributed by atoms with Gasteiger partial charge in [0, 0.05) is 41.4 Å². The van der Waals surface area contributed by atoms with Gasteiger partial charge in [-0.2, -0.15) is 0 Å². The molecule has 5 N–H and O–H groups in total. The number of aliphatic hydroxyl groups is 2. The number of fused-ring (bicyclic) bond motifs is 4. The van der Waals surface area contributed by atoms with Gasteiger partial charge in [-0.15, -0.1) is 0 Å². The molecule has 4 heterocycles. The van der Waals surface area contributed by atoms with E-state index in [4.69, 9.17) is 10.5 Å². The van der Waals surface area contributed by atoms with Crippen LogP contribution in [0.2, 0.25) is 0 Å². The van der Waals surface area contributed by atoms with E-state index in [0.29, 0.717) is 24.3 Å². The van der Waals surface area contributed by atoms with E-state index in [1.54, 1.807) is 4.57 Å². The summed E-state index contributed by atoms with van der Waals surface area (Å²) in [6.07, 6.45) is -0.770. The van der Waals surface area contributed by atoms with Gasteiger partial charge in [0.05, 0.1) is 6.33 Å². The van der Waals surface area contributed by atoms with Gasteiger partial charge in [-0.05, 0) is 37.6 Å². The van der Waals surface area contributed by atoms with Gasteiger partial charge in [-0.3, -0.25) is 4.57 Å². The van der Waals surface area contributed by atoms with Crippen LogP contribution in [-0.2, 0) is 11.3 Å². The number of nitrogens with one attached hydrogen (secondary N) is 1. The highest BCUT2D eigenvalue weighted by Gasteiger charge is 2.44. The second-order valence-electron chi connectivity index (χ2n) is 9.53. The van der Waals surface area contributed by atoms with Crippen LogP contribution in [0.5, 0.6) is 0 Å². The quantitative estimate of drug-likeness (QED) is 0.267. The number of aliphatic hydroxyl groups excluding tert-OH is 2. The fraction of sp³-hybridized carbons (Fsp3) is 0.346. The van der Waals surface area contributed by atoms with Gasteiger partial charge >= 0.3 is 0 Å². The minimum Gasteiger partial charge on any atom is -0.387 e. The molecule has 5 aromatic rings. The number of anilines is 1. The number of aryl methyl sites for hydroxylation is 2. The van der Waals surface area contributed by atoms with E-state index < -0.39 is 24.5 Å². The lowest BCUT2D eigenvalue weighted by atomic mass is 10.1. The molecule has 1 saturated heterocycles. The summed E-state index contributed by atoms with van der Waals surface area (Å²) in [4.78, 5) is 12.4. The zero-order valence-corrected chi connectivity index (χ0v) is 20.2. The number of hydrogen-bond acceptors (Lipinski definition) is 8. The van der Waals surface area contributed by atoms with Crippen molar-refractivity contribution in [3.05, 3.63) is 60.2 Å². The molecule has 1 aliphatic rings. The summed E-state index contributed by atoms with van der Waals surface area (Å²) in [5, 5.41) is 27.3. The van der Waals surface area contributed by atoms with E-state index in [9.17, 15) is 10.2 Å². The SMILES string of the molecule is Cc1ccc2c(c1)c1ccc(C)cc1n2CCNCC1OC(n2cnc3c(N)ncnc32)C(O)C1O. The summed E-state index contributed by atoms with van der Waals surface area (Å²) < 4.78 is 9.95. The van der Waals surface area contributed by atoms with E-state index in [2.05, 4.69) is 75.1 Å². The van der Waals surface area contributed by atoms with E-state index >= 15 is 0 Å². The van der Waals surface area contributed by atoms with Gasteiger partial charge in [0.25, 0.3) is 0 Å².